The molecule has 2 aromatic rings. The van der Waals surface area contributed by atoms with E-state index in [2.05, 4.69) is 9.97 Å². The lowest BCUT2D eigenvalue weighted by Gasteiger charge is -2.34. The van der Waals surface area contributed by atoms with Gasteiger partial charge in [-0.25, -0.2) is 4.98 Å². The fourth-order valence-electron chi connectivity index (χ4n) is 2.84. The summed E-state index contributed by atoms with van der Waals surface area (Å²) in [6, 6.07) is 3.35. The molecule has 1 aliphatic heterocycles. The molecule has 0 atom stereocenters. The first-order chi connectivity index (χ1) is 12.0. The van der Waals surface area contributed by atoms with Crippen LogP contribution in [-0.2, 0) is 7.05 Å². The van der Waals surface area contributed by atoms with E-state index in [-0.39, 0.29) is 11.7 Å². The number of ether oxygens (including phenoxy) is 1. The largest absolute Gasteiger partial charge is 0.481 e. The maximum atomic E-state index is 12.7. The van der Waals surface area contributed by atoms with E-state index in [1.807, 2.05) is 4.90 Å². The van der Waals surface area contributed by atoms with Crippen LogP contribution in [0.3, 0.4) is 0 Å². The van der Waals surface area contributed by atoms with Crippen molar-refractivity contribution in [1.29, 1.82) is 0 Å². The van der Waals surface area contributed by atoms with Gasteiger partial charge in [0.1, 0.15) is 5.69 Å². The van der Waals surface area contributed by atoms with Gasteiger partial charge in [0.25, 0.3) is 5.91 Å². The monoisotopic (exact) mass is 343 g/mol. The van der Waals surface area contributed by atoms with Crippen LogP contribution in [0.5, 0.6) is 5.88 Å². The summed E-state index contributed by atoms with van der Waals surface area (Å²) in [6.07, 6.45) is 3.35. The molecule has 2 aromatic heterocycles. The highest BCUT2D eigenvalue weighted by molar-refractivity contribution is 5.99. The third-order valence-electron chi connectivity index (χ3n) is 4.31. The fourth-order valence-corrected chi connectivity index (χ4v) is 2.84. The van der Waals surface area contributed by atoms with Gasteiger partial charge in [0.2, 0.25) is 11.8 Å². The molecule has 3 rings (SSSR count). The van der Waals surface area contributed by atoms with Gasteiger partial charge in [-0.05, 0) is 13.0 Å². The molecule has 3 heterocycles. The first-order valence-corrected chi connectivity index (χ1v) is 8.08. The quantitative estimate of drug-likeness (QED) is 0.770. The Balaban J connectivity index is 1.67. The van der Waals surface area contributed by atoms with E-state index < -0.39 is 0 Å². The zero-order valence-electron chi connectivity index (χ0n) is 14.6. The molecule has 8 heteroatoms. The van der Waals surface area contributed by atoms with E-state index in [0.717, 1.165) is 0 Å². The van der Waals surface area contributed by atoms with Crippen molar-refractivity contribution in [3.05, 3.63) is 35.8 Å². The highest BCUT2D eigenvalue weighted by atomic mass is 16.5. The average Bonchev–Trinajstić information content (AvgIpc) is 3.03. The number of aryl methyl sites for hydroxylation is 1. The summed E-state index contributed by atoms with van der Waals surface area (Å²) in [5.74, 6) is 1.00. The number of methoxy groups -OCH3 is 1. The first-order valence-electron chi connectivity index (χ1n) is 8.08. The van der Waals surface area contributed by atoms with Gasteiger partial charge in [-0.15, -0.1) is 0 Å². The van der Waals surface area contributed by atoms with Crippen molar-refractivity contribution in [3.8, 4) is 5.88 Å². The second-order valence-electron chi connectivity index (χ2n) is 5.96. The maximum absolute atomic E-state index is 12.7. The van der Waals surface area contributed by atoms with E-state index in [1.165, 1.54) is 6.92 Å². The lowest BCUT2D eigenvalue weighted by atomic mass is 10.2. The molecule has 0 bridgehead atoms. The molecule has 0 spiro atoms. The predicted molar refractivity (Wildman–Crippen MR) is 92.1 cm³/mol. The molecule has 0 radical (unpaired) electrons. The van der Waals surface area contributed by atoms with Gasteiger partial charge in [0.15, 0.2) is 5.78 Å². The predicted octanol–water partition coefficient (Wildman–Crippen LogP) is 0.989. The Bertz CT molecular complexity index is 793. The minimum Gasteiger partial charge on any atom is -0.481 e. The van der Waals surface area contributed by atoms with Gasteiger partial charge < -0.3 is 19.1 Å². The summed E-state index contributed by atoms with van der Waals surface area (Å²) in [6.45, 7) is 3.92. The number of amides is 1. The van der Waals surface area contributed by atoms with Crippen molar-refractivity contribution < 1.29 is 14.3 Å². The second-order valence-corrected chi connectivity index (χ2v) is 5.96. The van der Waals surface area contributed by atoms with Gasteiger partial charge in [-0.1, -0.05) is 0 Å². The van der Waals surface area contributed by atoms with E-state index in [0.29, 0.717) is 49.3 Å². The average molecular weight is 343 g/mol. The summed E-state index contributed by atoms with van der Waals surface area (Å²) >= 11 is 0. The van der Waals surface area contributed by atoms with Crippen LogP contribution < -0.4 is 9.64 Å². The maximum Gasteiger partial charge on any atom is 0.270 e. The topological polar surface area (TPSA) is 80.6 Å². The standard InChI is InChI=1S/C17H21N5O3/c1-12(23)13-10-14(20(2)11-13)16(24)21-6-8-22(9-7-21)17-18-5-4-15(19-17)25-3/h4-5,10-11H,6-9H2,1-3H3. The number of carbonyl (C=O) groups is 2. The number of nitrogens with zero attached hydrogens (tertiary/aromatic N) is 5. The fraction of sp³-hybridized carbons (Fsp3) is 0.412. The molecule has 8 nitrogen and oxygen atoms in total. The molecule has 25 heavy (non-hydrogen) atoms. The van der Waals surface area contributed by atoms with Crippen LogP contribution in [0.2, 0.25) is 0 Å². The molecular weight excluding hydrogens is 322 g/mol. The lowest BCUT2D eigenvalue weighted by molar-refractivity contribution is 0.0736. The van der Waals surface area contributed by atoms with Gasteiger partial charge in [0, 0.05) is 57.3 Å². The van der Waals surface area contributed by atoms with Crippen molar-refractivity contribution in [2.24, 2.45) is 7.05 Å². The van der Waals surface area contributed by atoms with Crippen molar-refractivity contribution in [3.63, 3.8) is 0 Å². The van der Waals surface area contributed by atoms with Crippen LogP contribution in [0.1, 0.15) is 27.8 Å². The van der Waals surface area contributed by atoms with Crippen LogP contribution in [0.25, 0.3) is 0 Å². The Kier molecular flexibility index (Phi) is 4.69. The molecule has 132 valence electrons. The molecule has 1 amide bonds. The Morgan fingerprint density at radius 3 is 2.52 bits per heavy atom. The third kappa shape index (κ3) is 3.47. The Morgan fingerprint density at radius 2 is 1.92 bits per heavy atom. The molecule has 0 saturated carbocycles. The smallest absolute Gasteiger partial charge is 0.270 e. The number of piperazine rings is 1. The number of rotatable bonds is 4. The van der Waals surface area contributed by atoms with Crippen LogP contribution in [-0.4, -0.2) is 64.4 Å². The minimum atomic E-state index is -0.0683. The molecular formula is C17H21N5O3. The summed E-state index contributed by atoms with van der Waals surface area (Å²) < 4.78 is 6.83. The molecule has 0 aliphatic carbocycles. The van der Waals surface area contributed by atoms with Crippen LogP contribution >= 0.6 is 0 Å². The van der Waals surface area contributed by atoms with Gasteiger partial charge in [0.05, 0.1) is 7.11 Å². The summed E-state index contributed by atoms with van der Waals surface area (Å²) in [7, 11) is 3.35. The normalized spacial score (nSPS) is 14.5. The zero-order chi connectivity index (χ0) is 18.0. The number of hydrogen-bond donors (Lipinski definition) is 0. The third-order valence-corrected chi connectivity index (χ3v) is 4.31. The van der Waals surface area contributed by atoms with Crippen molar-refractivity contribution in [1.82, 2.24) is 19.4 Å². The number of carbonyl (C=O) groups excluding carboxylic acids is 2. The van der Waals surface area contributed by atoms with Gasteiger partial charge >= 0.3 is 0 Å². The summed E-state index contributed by atoms with van der Waals surface area (Å²) in [5, 5.41) is 0. The van der Waals surface area contributed by atoms with Gasteiger partial charge in [-0.3, -0.25) is 9.59 Å². The lowest BCUT2D eigenvalue weighted by Crippen LogP contribution is -2.49. The van der Waals surface area contributed by atoms with Crippen LogP contribution in [0.4, 0.5) is 5.95 Å². The summed E-state index contributed by atoms with van der Waals surface area (Å²) in [4.78, 5) is 36.6. The minimum absolute atomic E-state index is 0.0466. The number of Topliss-reactive ketones (excluding diaryl/α,β-unsaturated/α-hetero) is 1. The van der Waals surface area contributed by atoms with Crippen molar-refractivity contribution in [2.75, 3.05) is 38.2 Å². The number of aromatic nitrogens is 3. The molecule has 1 aliphatic rings. The van der Waals surface area contributed by atoms with Crippen molar-refractivity contribution >= 4 is 17.6 Å². The SMILES string of the molecule is COc1ccnc(N2CCN(C(=O)c3cc(C(C)=O)cn3C)CC2)n1. The molecule has 1 saturated heterocycles. The highest BCUT2D eigenvalue weighted by Gasteiger charge is 2.25. The van der Waals surface area contributed by atoms with Crippen LogP contribution in [0, 0.1) is 0 Å². The van der Waals surface area contributed by atoms with E-state index in [9.17, 15) is 9.59 Å². The second kappa shape index (κ2) is 6.92. The highest BCUT2D eigenvalue weighted by Crippen LogP contribution is 2.17. The number of anilines is 1. The summed E-state index contributed by atoms with van der Waals surface area (Å²) in [5.41, 5.74) is 1.07. The molecule has 0 aromatic carbocycles. The molecule has 0 unspecified atom stereocenters. The molecule has 1 fully saturated rings. The Hall–Kier alpha value is -2.90. The van der Waals surface area contributed by atoms with Gasteiger partial charge in [-0.2, -0.15) is 4.98 Å². The number of ketones is 1. The van der Waals surface area contributed by atoms with E-state index in [4.69, 9.17) is 4.74 Å². The van der Waals surface area contributed by atoms with Crippen LogP contribution in [0.15, 0.2) is 24.5 Å². The molecule has 0 N–H and O–H groups in total. The van der Waals surface area contributed by atoms with Crippen molar-refractivity contribution in [2.45, 2.75) is 6.92 Å². The number of hydrogen-bond acceptors (Lipinski definition) is 6. The van der Waals surface area contributed by atoms with E-state index >= 15 is 0 Å². The first kappa shape index (κ1) is 16.9. The zero-order valence-corrected chi connectivity index (χ0v) is 14.6. The Labute approximate surface area is 146 Å². The Morgan fingerprint density at radius 1 is 1.20 bits per heavy atom. The van der Waals surface area contributed by atoms with E-state index in [1.54, 1.807) is 48.2 Å².